The van der Waals surface area contributed by atoms with Crippen LogP contribution in [-0.4, -0.2) is 0 Å². The Morgan fingerprint density at radius 2 is 2.23 bits per heavy atom. The summed E-state index contributed by atoms with van der Waals surface area (Å²) in [5.41, 5.74) is 2.59. The lowest BCUT2D eigenvalue weighted by Gasteiger charge is -2.02. The number of terminal acetylenes is 1. The predicted octanol–water partition coefficient (Wildman–Crippen LogP) is 3.17. The zero-order valence-electron chi connectivity index (χ0n) is 7.76. The Hall–Kier alpha value is -1.55. The second-order valence-electron chi connectivity index (χ2n) is 2.96. The second-order valence-corrected chi connectivity index (χ2v) is 2.96. The van der Waals surface area contributed by atoms with Gasteiger partial charge in [-0.15, -0.1) is 6.42 Å². The van der Waals surface area contributed by atoms with E-state index in [4.69, 9.17) is 6.42 Å². The highest BCUT2D eigenvalue weighted by Gasteiger charge is 1.99. The molecule has 1 rings (SSSR count). The van der Waals surface area contributed by atoms with Crippen LogP contribution < -0.4 is 0 Å². The number of aryl methyl sites for hydroxylation is 1. The van der Waals surface area contributed by atoms with Crippen LogP contribution in [0.25, 0.3) is 5.57 Å². The number of hydrogen-bond acceptors (Lipinski definition) is 0. The minimum Gasteiger partial charge on any atom is -0.207 e. The fourth-order valence-corrected chi connectivity index (χ4v) is 1.10. The van der Waals surface area contributed by atoms with Crippen molar-refractivity contribution >= 4 is 5.57 Å². The van der Waals surface area contributed by atoms with E-state index in [0.717, 1.165) is 11.1 Å². The van der Waals surface area contributed by atoms with Gasteiger partial charge in [0, 0.05) is 0 Å². The van der Waals surface area contributed by atoms with E-state index in [1.54, 1.807) is 25.1 Å². The third-order valence-corrected chi connectivity index (χ3v) is 1.91. The van der Waals surface area contributed by atoms with Crippen LogP contribution in [0.2, 0.25) is 0 Å². The van der Waals surface area contributed by atoms with E-state index in [9.17, 15) is 4.39 Å². The summed E-state index contributed by atoms with van der Waals surface area (Å²) in [7, 11) is 0. The van der Waals surface area contributed by atoms with Crippen molar-refractivity contribution in [1.82, 2.24) is 0 Å². The van der Waals surface area contributed by atoms with Crippen molar-refractivity contribution < 1.29 is 4.39 Å². The van der Waals surface area contributed by atoms with Crippen molar-refractivity contribution in [3.63, 3.8) is 0 Å². The molecule has 0 spiro atoms. The number of halogens is 1. The molecule has 1 aromatic carbocycles. The Kier molecular flexibility index (Phi) is 2.87. The van der Waals surface area contributed by atoms with Crippen LogP contribution in [0.15, 0.2) is 24.3 Å². The molecule has 0 amide bonds. The first kappa shape index (κ1) is 9.54. The van der Waals surface area contributed by atoms with Gasteiger partial charge in [0.1, 0.15) is 5.82 Å². The molecule has 66 valence electrons. The van der Waals surface area contributed by atoms with Crippen molar-refractivity contribution in [3.05, 3.63) is 41.2 Å². The fraction of sp³-hybridized carbons (Fsp3) is 0.167. The lowest BCUT2D eigenvalue weighted by Crippen LogP contribution is -1.85. The molecule has 0 aliphatic heterocycles. The molecule has 0 saturated carbocycles. The predicted molar refractivity (Wildman–Crippen MR) is 53.6 cm³/mol. The number of benzene rings is 1. The molecular formula is C12H11F. The molecule has 13 heavy (non-hydrogen) atoms. The quantitative estimate of drug-likeness (QED) is 0.574. The Morgan fingerprint density at radius 1 is 1.54 bits per heavy atom. The SMILES string of the molecule is C#C/C=C(\C)c1ccc(F)c(C)c1. The molecule has 0 aromatic heterocycles. The maximum Gasteiger partial charge on any atom is 0.126 e. The van der Waals surface area contributed by atoms with Crippen LogP contribution in [0.1, 0.15) is 18.1 Å². The first-order chi connectivity index (χ1) is 6.15. The molecule has 0 fully saturated rings. The van der Waals surface area contributed by atoms with Gasteiger partial charge in [-0.05, 0) is 48.8 Å². The maximum atomic E-state index is 12.9. The third kappa shape index (κ3) is 2.19. The van der Waals surface area contributed by atoms with Gasteiger partial charge >= 0.3 is 0 Å². The summed E-state index contributed by atoms with van der Waals surface area (Å²) < 4.78 is 12.9. The van der Waals surface area contributed by atoms with E-state index in [1.807, 2.05) is 6.92 Å². The first-order valence-corrected chi connectivity index (χ1v) is 4.04. The third-order valence-electron chi connectivity index (χ3n) is 1.91. The van der Waals surface area contributed by atoms with Crippen LogP contribution in [-0.2, 0) is 0 Å². The summed E-state index contributed by atoms with van der Waals surface area (Å²) in [6.45, 7) is 3.65. The normalized spacial score (nSPS) is 11.1. The molecule has 1 aromatic rings. The van der Waals surface area contributed by atoms with Gasteiger partial charge in [-0.3, -0.25) is 0 Å². The van der Waals surface area contributed by atoms with Crippen LogP contribution >= 0.6 is 0 Å². The summed E-state index contributed by atoms with van der Waals surface area (Å²) in [6.07, 6.45) is 6.81. The molecule has 0 nitrogen and oxygen atoms in total. The van der Waals surface area contributed by atoms with Crippen LogP contribution in [0, 0.1) is 25.1 Å². The van der Waals surface area contributed by atoms with Gasteiger partial charge in [-0.1, -0.05) is 12.0 Å². The van der Waals surface area contributed by atoms with Crippen LogP contribution in [0.5, 0.6) is 0 Å². The van der Waals surface area contributed by atoms with E-state index in [1.165, 1.54) is 6.07 Å². The van der Waals surface area contributed by atoms with E-state index in [2.05, 4.69) is 5.92 Å². The fourth-order valence-electron chi connectivity index (χ4n) is 1.10. The first-order valence-electron chi connectivity index (χ1n) is 4.04. The number of rotatable bonds is 1. The van der Waals surface area contributed by atoms with Crippen molar-refractivity contribution in [2.75, 3.05) is 0 Å². The molecule has 0 N–H and O–H groups in total. The van der Waals surface area contributed by atoms with E-state index < -0.39 is 0 Å². The summed E-state index contributed by atoms with van der Waals surface area (Å²) in [6, 6.07) is 4.97. The summed E-state index contributed by atoms with van der Waals surface area (Å²) in [4.78, 5) is 0. The standard InChI is InChI=1S/C12H11F/c1-4-5-9(2)11-6-7-12(13)10(3)8-11/h1,5-8H,2-3H3/b9-5+. The Morgan fingerprint density at radius 3 is 2.77 bits per heavy atom. The average Bonchev–Trinajstić information content (AvgIpc) is 2.10. The number of hydrogen-bond donors (Lipinski definition) is 0. The molecule has 0 bridgehead atoms. The molecule has 0 aliphatic carbocycles. The van der Waals surface area contributed by atoms with Crippen molar-refractivity contribution in [2.24, 2.45) is 0 Å². The van der Waals surface area contributed by atoms with Crippen molar-refractivity contribution in [3.8, 4) is 12.3 Å². The summed E-state index contributed by atoms with van der Waals surface area (Å²) in [5.74, 6) is 2.26. The second kappa shape index (κ2) is 3.91. The lowest BCUT2D eigenvalue weighted by molar-refractivity contribution is 0.618. The molecule has 0 aliphatic rings. The van der Waals surface area contributed by atoms with Gasteiger partial charge in [-0.25, -0.2) is 4.39 Å². The Labute approximate surface area is 78.1 Å². The highest BCUT2D eigenvalue weighted by atomic mass is 19.1. The van der Waals surface area contributed by atoms with Crippen molar-refractivity contribution in [2.45, 2.75) is 13.8 Å². The van der Waals surface area contributed by atoms with Crippen LogP contribution in [0.3, 0.4) is 0 Å². The minimum atomic E-state index is -0.183. The summed E-state index contributed by atoms with van der Waals surface area (Å²) >= 11 is 0. The van der Waals surface area contributed by atoms with Gasteiger partial charge in [0.15, 0.2) is 0 Å². The zero-order chi connectivity index (χ0) is 9.84. The van der Waals surface area contributed by atoms with E-state index in [-0.39, 0.29) is 5.82 Å². The molecular weight excluding hydrogens is 163 g/mol. The molecule has 0 atom stereocenters. The molecule has 0 saturated heterocycles. The van der Waals surface area contributed by atoms with Crippen LogP contribution in [0.4, 0.5) is 4.39 Å². The van der Waals surface area contributed by atoms with Gasteiger partial charge < -0.3 is 0 Å². The van der Waals surface area contributed by atoms with E-state index >= 15 is 0 Å². The van der Waals surface area contributed by atoms with Gasteiger partial charge in [0.05, 0.1) is 0 Å². The lowest BCUT2D eigenvalue weighted by atomic mass is 10.0. The molecule has 0 radical (unpaired) electrons. The smallest absolute Gasteiger partial charge is 0.126 e. The van der Waals surface area contributed by atoms with Crippen molar-refractivity contribution in [1.29, 1.82) is 0 Å². The topological polar surface area (TPSA) is 0 Å². The molecule has 0 unspecified atom stereocenters. The Bertz CT molecular complexity index is 381. The zero-order valence-corrected chi connectivity index (χ0v) is 7.76. The monoisotopic (exact) mass is 174 g/mol. The largest absolute Gasteiger partial charge is 0.207 e. The molecule has 1 heteroatoms. The van der Waals surface area contributed by atoms with Gasteiger partial charge in [0.2, 0.25) is 0 Å². The van der Waals surface area contributed by atoms with Gasteiger partial charge in [0.25, 0.3) is 0 Å². The highest BCUT2D eigenvalue weighted by Crippen LogP contribution is 2.16. The molecule has 0 heterocycles. The number of allylic oxidation sites excluding steroid dienone is 2. The highest BCUT2D eigenvalue weighted by molar-refractivity contribution is 5.66. The van der Waals surface area contributed by atoms with E-state index in [0.29, 0.717) is 5.56 Å². The maximum absolute atomic E-state index is 12.9. The summed E-state index contributed by atoms with van der Waals surface area (Å²) in [5, 5.41) is 0. The average molecular weight is 174 g/mol. The minimum absolute atomic E-state index is 0.183. The Balaban J connectivity index is 3.13. The van der Waals surface area contributed by atoms with Gasteiger partial charge in [-0.2, -0.15) is 0 Å².